The Labute approximate surface area is 96.0 Å². The summed E-state index contributed by atoms with van der Waals surface area (Å²) in [5.74, 6) is 0.276. The fourth-order valence-corrected chi connectivity index (χ4v) is 2.15. The molecule has 0 saturated heterocycles. The molecule has 1 amide bonds. The van der Waals surface area contributed by atoms with E-state index in [0.717, 1.165) is 31.4 Å². The highest BCUT2D eigenvalue weighted by molar-refractivity contribution is 5.92. The van der Waals surface area contributed by atoms with Crippen molar-refractivity contribution in [3.8, 4) is 0 Å². The third-order valence-corrected chi connectivity index (χ3v) is 3.18. The van der Waals surface area contributed by atoms with Crippen LogP contribution in [0.3, 0.4) is 0 Å². The molecule has 3 nitrogen and oxygen atoms in total. The molecule has 0 atom stereocenters. The molecule has 1 aliphatic carbocycles. The third kappa shape index (κ3) is 2.83. The predicted octanol–water partition coefficient (Wildman–Crippen LogP) is 2.14. The van der Waals surface area contributed by atoms with E-state index in [9.17, 15) is 4.79 Å². The molecule has 86 valence electrons. The van der Waals surface area contributed by atoms with E-state index in [0.29, 0.717) is 6.04 Å². The molecular weight excluding hydrogens is 200 g/mol. The van der Waals surface area contributed by atoms with Crippen molar-refractivity contribution in [3.05, 3.63) is 30.3 Å². The van der Waals surface area contributed by atoms with Gasteiger partial charge in [-0.05, 0) is 37.8 Å². The van der Waals surface area contributed by atoms with Crippen LogP contribution >= 0.6 is 0 Å². The second-order valence-corrected chi connectivity index (χ2v) is 4.47. The average Bonchev–Trinajstić information content (AvgIpc) is 2.31. The third-order valence-electron chi connectivity index (χ3n) is 3.18. The lowest BCUT2D eigenvalue weighted by molar-refractivity contribution is -0.120. The first-order chi connectivity index (χ1) is 7.75. The van der Waals surface area contributed by atoms with E-state index in [2.05, 4.69) is 5.32 Å². The van der Waals surface area contributed by atoms with Crippen molar-refractivity contribution in [1.29, 1.82) is 0 Å². The van der Waals surface area contributed by atoms with Crippen molar-refractivity contribution in [2.24, 2.45) is 11.7 Å². The molecule has 1 aliphatic rings. The molecule has 16 heavy (non-hydrogen) atoms. The summed E-state index contributed by atoms with van der Waals surface area (Å²) in [4.78, 5) is 11.9. The van der Waals surface area contributed by atoms with Gasteiger partial charge in [0.2, 0.25) is 5.91 Å². The number of hydrogen-bond acceptors (Lipinski definition) is 2. The van der Waals surface area contributed by atoms with Gasteiger partial charge in [0.25, 0.3) is 0 Å². The minimum absolute atomic E-state index is 0.137. The van der Waals surface area contributed by atoms with Gasteiger partial charge in [-0.2, -0.15) is 0 Å². The molecule has 0 aliphatic heterocycles. The first-order valence-electron chi connectivity index (χ1n) is 5.87. The molecule has 3 N–H and O–H groups in total. The predicted molar refractivity (Wildman–Crippen MR) is 65.0 cm³/mol. The lowest BCUT2D eigenvalue weighted by Crippen LogP contribution is -2.32. The molecular formula is C13H18N2O. The summed E-state index contributed by atoms with van der Waals surface area (Å²) >= 11 is 0. The lowest BCUT2D eigenvalue weighted by Gasteiger charge is -2.25. The summed E-state index contributed by atoms with van der Waals surface area (Å²) in [7, 11) is 0. The summed E-state index contributed by atoms with van der Waals surface area (Å²) in [6.45, 7) is 0. The highest BCUT2D eigenvalue weighted by atomic mass is 16.1. The number of nitrogens with one attached hydrogen (secondary N) is 1. The molecule has 0 bridgehead atoms. The molecule has 0 spiro atoms. The van der Waals surface area contributed by atoms with Crippen LogP contribution in [0.1, 0.15) is 25.7 Å². The number of rotatable bonds is 2. The van der Waals surface area contributed by atoms with Gasteiger partial charge in [0.05, 0.1) is 0 Å². The van der Waals surface area contributed by atoms with Gasteiger partial charge in [-0.3, -0.25) is 4.79 Å². The van der Waals surface area contributed by atoms with E-state index in [1.165, 1.54) is 0 Å². The van der Waals surface area contributed by atoms with Crippen LogP contribution < -0.4 is 11.1 Å². The number of nitrogens with two attached hydrogens (primary N) is 1. The van der Waals surface area contributed by atoms with Crippen molar-refractivity contribution < 1.29 is 4.79 Å². The molecule has 2 rings (SSSR count). The van der Waals surface area contributed by atoms with Gasteiger partial charge in [0.1, 0.15) is 0 Å². The average molecular weight is 218 g/mol. The van der Waals surface area contributed by atoms with Gasteiger partial charge in [-0.1, -0.05) is 18.2 Å². The van der Waals surface area contributed by atoms with Crippen LogP contribution in [0.15, 0.2) is 30.3 Å². The molecule has 1 saturated carbocycles. The van der Waals surface area contributed by atoms with E-state index in [4.69, 9.17) is 5.73 Å². The Morgan fingerprint density at radius 3 is 2.38 bits per heavy atom. The second kappa shape index (κ2) is 5.12. The standard InChI is InChI=1S/C13H18N2O/c14-11-8-6-10(7-9-11)13(16)15-12-4-2-1-3-5-12/h1-5,10-11H,6-9,14H2,(H,15,16). The minimum atomic E-state index is 0.137. The minimum Gasteiger partial charge on any atom is -0.328 e. The Morgan fingerprint density at radius 2 is 1.75 bits per heavy atom. The van der Waals surface area contributed by atoms with Crippen molar-refractivity contribution in [2.45, 2.75) is 31.7 Å². The van der Waals surface area contributed by atoms with Crippen molar-refractivity contribution in [1.82, 2.24) is 0 Å². The van der Waals surface area contributed by atoms with E-state index >= 15 is 0 Å². The number of amides is 1. The number of anilines is 1. The zero-order chi connectivity index (χ0) is 11.4. The topological polar surface area (TPSA) is 55.1 Å². The highest BCUT2D eigenvalue weighted by Crippen LogP contribution is 2.24. The van der Waals surface area contributed by atoms with Gasteiger partial charge >= 0.3 is 0 Å². The zero-order valence-corrected chi connectivity index (χ0v) is 9.36. The molecule has 3 heteroatoms. The summed E-state index contributed by atoms with van der Waals surface area (Å²) in [6.07, 6.45) is 3.76. The van der Waals surface area contributed by atoms with Crippen molar-refractivity contribution >= 4 is 11.6 Å². The zero-order valence-electron chi connectivity index (χ0n) is 9.36. The smallest absolute Gasteiger partial charge is 0.227 e. The molecule has 0 aromatic heterocycles. The van der Waals surface area contributed by atoms with E-state index in [-0.39, 0.29) is 11.8 Å². The Balaban J connectivity index is 1.89. The maximum absolute atomic E-state index is 11.9. The van der Waals surface area contributed by atoms with Gasteiger partial charge in [-0.25, -0.2) is 0 Å². The normalized spacial score (nSPS) is 25.1. The fourth-order valence-electron chi connectivity index (χ4n) is 2.15. The maximum atomic E-state index is 11.9. The number of carbonyl (C=O) groups excluding carboxylic acids is 1. The molecule has 0 heterocycles. The van der Waals surface area contributed by atoms with Crippen LogP contribution in [0.4, 0.5) is 5.69 Å². The highest BCUT2D eigenvalue weighted by Gasteiger charge is 2.24. The summed E-state index contributed by atoms with van der Waals surface area (Å²) in [5.41, 5.74) is 6.70. The molecule has 0 radical (unpaired) electrons. The van der Waals surface area contributed by atoms with Crippen molar-refractivity contribution in [3.63, 3.8) is 0 Å². The number of hydrogen-bond donors (Lipinski definition) is 2. The summed E-state index contributed by atoms with van der Waals surface area (Å²) in [6, 6.07) is 9.90. The Kier molecular flexibility index (Phi) is 3.57. The number of carbonyl (C=O) groups is 1. The van der Waals surface area contributed by atoms with Crippen LogP contribution in [0.25, 0.3) is 0 Å². The van der Waals surface area contributed by atoms with Gasteiger partial charge in [-0.15, -0.1) is 0 Å². The SMILES string of the molecule is NC1CCC(C(=O)Nc2ccccc2)CC1. The molecule has 0 unspecified atom stereocenters. The second-order valence-electron chi connectivity index (χ2n) is 4.47. The van der Waals surface area contributed by atoms with Crippen LogP contribution in [0.2, 0.25) is 0 Å². The number of benzene rings is 1. The fraction of sp³-hybridized carbons (Fsp3) is 0.462. The monoisotopic (exact) mass is 218 g/mol. The van der Waals surface area contributed by atoms with Crippen LogP contribution in [-0.4, -0.2) is 11.9 Å². The van der Waals surface area contributed by atoms with E-state index in [1.807, 2.05) is 30.3 Å². The van der Waals surface area contributed by atoms with Crippen molar-refractivity contribution in [2.75, 3.05) is 5.32 Å². The van der Waals surface area contributed by atoms with Crippen LogP contribution in [0, 0.1) is 5.92 Å². The van der Waals surface area contributed by atoms with Gasteiger partial charge in [0, 0.05) is 17.6 Å². The molecule has 1 aromatic rings. The van der Waals surface area contributed by atoms with Gasteiger partial charge in [0.15, 0.2) is 0 Å². The first kappa shape index (κ1) is 11.1. The van der Waals surface area contributed by atoms with E-state index in [1.54, 1.807) is 0 Å². The Bertz CT molecular complexity index is 342. The van der Waals surface area contributed by atoms with Gasteiger partial charge < -0.3 is 11.1 Å². The molecule has 1 aromatic carbocycles. The maximum Gasteiger partial charge on any atom is 0.227 e. The first-order valence-corrected chi connectivity index (χ1v) is 5.87. The number of para-hydroxylation sites is 1. The largest absolute Gasteiger partial charge is 0.328 e. The van der Waals surface area contributed by atoms with Crippen LogP contribution in [-0.2, 0) is 4.79 Å². The van der Waals surface area contributed by atoms with E-state index < -0.39 is 0 Å². The molecule has 1 fully saturated rings. The summed E-state index contributed by atoms with van der Waals surface area (Å²) in [5, 5.41) is 2.95. The lowest BCUT2D eigenvalue weighted by atomic mass is 9.86. The Hall–Kier alpha value is -1.35. The van der Waals surface area contributed by atoms with Crippen LogP contribution in [0.5, 0.6) is 0 Å². The Morgan fingerprint density at radius 1 is 1.12 bits per heavy atom. The summed E-state index contributed by atoms with van der Waals surface area (Å²) < 4.78 is 0. The quantitative estimate of drug-likeness (QED) is 0.799.